The van der Waals surface area contributed by atoms with Crippen molar-refractivity contribution in [3.8, 4) is 0 Å². The molecule has 1 atom stereocenters. The van der Waals surface area contributed by atoms with Crippen molar-refractivity contribution in [2.24, 2.45) is 0 Å². The van der Waals surface area contributed by atoms with Gasteiger partial charge in [-0.3, -0.25) is 19.2 Å². The number of amides is 4. The molecule has 1 unspecified atom stereocenters. The first-order chi connectivity index (χ1) is 20.3. The molecule has 0 saturated carbocycles. The second kappa shape index (κ2) is 13.2. The van der Waals surface area contributed by atoms with Crippen LogP contribution in [-0.2, 0) is 14.4 Å². The van der Waals surface area contributed by atoms with Crippen molar-refractivity contribution in [1.82, 2.24) is 5.32 Å². The van der Waals surface area contributed by atoms with Gasteiger partial charge in [0.05, 0.1) is 10.9 Å². The fraction of sp³-hybridized carbons (Fsp3) is 0.0909. The van der Waals surface area contributed by atoms with Gasteiger partial charge in [0.2, 0.25) is 11.8 Å². The molecular weight excluding hydrogens is 661 g/mol. The Kier molecular flexibility index (Phi) is 9.19. The number of anilines is 2. The molecule has 0 spiro atoms. The highest BCUT2D eigenvalue weighted by Crippen LogP contribution is 2.35. The lowest BCUT2D eigenvalue weighted by molar-refractivity contribution is -0.121. The van der Waals surface area contributed by atoms with E-state index >= 15 is 0 Å². The Morgan fingerprint density at radius 3 is 2.36 bits per heavy atom. The van der Waals surface area contributed by atoms with Gasteiger partial charge >= 0.3 is 0 Å². The molecule has 1 aliphatic rings. The highest BCUT2D eigenvalue weighted by atomic mass is 127. The highest BCUT2D eigenvalue weighted by molar-refractivity contribution is 14.1. The van der Waals surface area contributed by atoms with Crippen LogP contribution >= 0.6 is 34.4 Å². The molecule has 1 aliphatic heterocycles. The summed E-state index contributed by atoms with van der Waals surface area (Å²) in [6.07, 6.45) is 1.73. The summed E-state index contributed by atoms with van der Waals surface area (Å²) in [5.74, 6) is -1.42. The lowest BCUT2D eigenvalue weighted by Gasteiger charge is -2.15. The number of aryl methyl sites for hydroxylation is 1. The smallest absolute Gasteiger partial charge is 0.272 e. The number of carbonyl (C=O) groups excluding carboxylic acids is 4. The molecule has 1 saturated heterocycles. The van der Waals surface area contributed by atoms with Crippen LogP contribution in [0.3, 0.4) is 0 Å². The van der Waals surface area contributed by atoms with Gasteiger partial charge in [0.25, 0.3) is 11.8 Å². The van der Waals surface area contributed by atoms with Gasteiger partial charge in [0.1, 0.15) is 5.70 Å². The van der Waals surface area contributed by atoms with Crippen LogP contribution in [0.25, 0.3) is 6.08 Å². The second-order valence-electron chi connectivity index (χ2n) is 9.57. The zero-order valence-corrected chi connectivity index (χ0v) is 25.5. The topological polar surface area (TPSA) is 95.6 Å². The lowest BCUT2D eigenvalue weighted by atomic mass is 10.1. The van der Waals surface area contributed by atoms with E-state index in [1.54, 1.807) is 60.7 Å². The average Bonchev–Trinajstić information content (AvgIpc) is 3.26. The minimum absolute atomic E-state index is 0.0842. The molecule has 2 N–H and O–H groups in total. The summed E-state index contributed by atoms with van der Waals surface area (Å²) < 4.78 is 1.01. The van der Waals surface area contributed by atoms with Gasteiger partial charge in [-0.1, -0.05) is 48.5 Å². The molecule has 7 nitrogen and oxygen atoms in total. The Hall–Kier alpha value is -4.22. The zero-order valence-electron chi connectivity index (χ0n) is 22.5. The lowest BCUT2D eigenvalue weighted by Crippen LogP contribution is -2.31. The van der Waals surface area contributed by atoms with E-state index in [0.29, 0.717) is 16.9 Å². The van der Waals surface area contributed by atoms with Gasteiger partial charge < -0.3 is 10.6 Å². The first-order valence-electron chi connectivity index (χ1n) is 13.1. The van der Waals surface area contributed by atoms with Crippen LogP contribution < -0.4 is 15.5 Å². The van der Waals surface area contributed by atoms with Crippen molar-refractivity contribution < 1.29 is 19.2 Å². The van der Waals surface area contributed by atoms with E-state index in [9.17, 15) is 19.2 Å². The minimum atomic E-state index is -0.579. The van der Waals surface area contributed by atoms with Gasteiger partial charge in [-0.05, 0) is 101 Å². The first kappa shape index (κ1) is 29.3. The van der Waals surface area contributed by atoms with Crippen LogP contribution in [0, 0.1) is 10.5 Å². The molecular formula is C33H26IN3O4S. The van der Waals surface area contributed by atoms with Crippen LogP contribution in [0.2, 0.25) is 0 Å². The van der Waals surface area contributed by atoms with E-state index in [1.165, 1.54) is 16.7 Å². The highest BCUT2D eigenvalue weighted by Gasteiger charge is 2.40. The van der Waals surface area contributed by atoms with Crippen molar-refractivity contribution in [3.63, 3.8) is 0 Å². The van der Waals surface area contributed by atoms with Crippen molar-refractivity contribution in [1.29, 1.82) is 0 Å². The third-order valence-corrected chi connectivity index (χ3v) is 8.48. The normalized spacial score (nSPS) is 15.0. The molecule has 4 aromatic rings. The largest absolute Gasteiger partial charge is 0.321 e. The number of rotatable bonds is 8. The van der Waals surface area contributed by atoms with E-state index in [-0.39, 0.29) is 23.9 Å². The fourth-order valence-electron chi connectivity index (χ4n) is 4.41. The minimum Gasteiger partial charge on any atom is -0.321 e. The van der Waals surface area contributed by atoms with E-state index in [2.05, 4.69) is 33.2 Å². The molecule has 1 fully saturated rings. The first-order valence-corrected chi connectivity index (χ1v) is 15.1. The number of nitrogens with one attached hydrogen (secondary N) is 2. The monoisotopic (exact) mass is 687 g/mol. The number of imide groups is 1. The number of carbonyl (C=O) groups is 4. The number of benzene rings is 4. The number of halogens is 1. The molecule has 4 amide bonds. The quantitative estimate of drug-likeness (QED) is 0.127. The molecule has 1 heterocycles. The molecule has 0 aliphatic carbocycles. The Morgan fingerprint density at radius 1 is 0.905 bits per heavy atom. The summed E-state index contributed by atoms with van der Waals surface area (Å²) in [7, 11) is 0. The summed E-state index contributed by atoms with van der Waals surface area (Å²) >= 11 is 3.45. The summed E-state index contributed by atoms with van der Waals surface area (Å²) in [5.41, 5.74) is 3.30. The van der Waals surface area contributed by atoms with E-state index < -0.39 is 17.1 Å². The molecule has 9 heteroatoms. The molecule has 5 rings (SSSR count). The van der Waals surface area contributed by atoms with E-state index in [1.807, 2.05) is 55.5 Å². The number of nitrogens with zero attached hydrogens (tertiary/aromatic N) is 1. The zero-order chi connectivity index (χ0) is 29.6. The maximum atomic E-state index is 13.5. The SMILES string of the molecule is Cc1ccccc1/C=C(\NC(=O)c1ccccc1)C(=O)Nc1cccc(SC2CC(=O)N(c3ccc(I)cc3)C2=O)c1. The summed E-state index contributed by atoms with van der Waals surface area (Å²) in [6.45, 7) is 1.93. The summed E-state index contributed by atoms with van der Waals surface area (Å²) in [6, 6.07) is 30.5. The maximum Gasteiger partial charge on any atom is 0.272 e. The predicted octanol–water partition coefficient (Wildman–Crippen LogP) is 6.43. The number of hydrogen-bond acceptors (Lipinski definition) is 5. The average molecular weight is 688 g/mol. The van der Waals surface area contributed by atoms with Crippen LogP contribution in [-0.4, -0.2) is 28.9 Å². The van der Waals surface area contributed by atoms with Gasteiger partial charge in [-0.15, -0.1) is 11.8 Å². The molecule has 0 bridgehead atoms. The number of thioether (sulfide) groups is 1. The Balaban J connectivity index is 1.33. The molecule has 42 heavy (non-hydrogen) atoms. The standard InChI is InChI=1S/C33H26IN3O4S/c1-21-8-5-6-11-23(21)18-28(36-31(39)22-9-3-2-4-10-22)32(40)35-25-12-7-13-27(19-25)42-29-20-30(38)37(33(29)41)26-16-14-24(34)15-17-26/h2-19,29H,20H2,1H3,(H,35,40)(H,36,39)/b28-18-. The Bertz CT molecular complexity index is 1690. The van der Waals surface area contributed by atoms with Crippen molar-refractivity contribution in [3.05, 3.63) is 129 Å². The van der Waals surface area contributed by atoms with E-state index in [0.717, 1.165) is 19.6 Å². The van der Waals surface area contributed by atoms with Crippen molar-refractivity contribution >= 4 is 75.4 Å². The van der Waals surface area contributed by atoms with E-state index in [4.69, 9.17) is 0 Å². The van der Waals surface area contributed by atoms with Crippen LogP contribution in [0.15, 0.2) is 114 Å². The van der Waals surface area contributed by atoms with Crippen molar-refractivity contribution in [2.45, 2.75) is 23.5 Å². The van der Waals surface area contributed by atoms with Crippen LogP contribution in [0.5, 0.6) is 0 Å². The molecule has 4 aromatic carbocycles. The summed E-state index contributed by atoms with van der Waals surface area (Å²) in [5, 5.41) is 5.04. The fourth-order valence-corrected chi connectivity index (χ4v) is 5.89. The van der Waals surface area contributed by atoms with Crippen LogP contribution in [0.1, 0.15) is 27.9 Å². The second-order valence-corrected chi connectivity index (χ2v) is 12.1. The third-order valence-electron chi connectivity index (χ3n) is 6.58. The van der Waals surface area contributed by atoms with Gasteiger partial charge in [0, 0.05) is 26.1 Å². The van der Waals surface area contributed by atoms with Crippen LogP contribution in [0.4, 0.5) is 11.4 Å². The van der Waals surface area contributed by atoms with Crippen molar-refractivity contribution in [2.75, 3.05) is 10.2 Å². The molecule has 210 valence electrons. The van der Waals surface area contributed by atoms with Gasteiger partial charge in [0.15, 0.2) is 0 Å². The Labute approximate surface area is 261 Å². The number of hydrogen-bond donors (Lipinski definition) is 2. The maximum absolute atomic E-state index is 13.5. The molecule has 0 aromatic heterocycles. The van der Waals surface area contributed by atoms with Gasteiger partial charge in [-0.25, -0.2) is 4.90 Å². The Morgan fingerprint density at radius 2 is 1.62 bits per heavy atom. The van der Waals surface area contributed by atoms with Gasteiger partial charge in [-0.2, -0.15) is 0 Å². The predicted molar refractivity (Wildman–Crippen MR) is 174 cm³/mol. The summed E-state index contributed by atoms with van der Waals surface area (Å²) in [4.78, 5) is 54.2. The third kappa shape index (κ3) is 6.97. The molecule has 0 radical (unpaired) electrons.